The van der Waals surface area contributed by atoms with Gasteiger partial charge in [-0.1, -0.05) is 23.6 Å². The summed E-state index contributed by atoms with van der Waals surface area (Å²) in [5, 5.41) is 11.0. The molecular formula is C35H30ClF7N8O. The normalized spacial score (nSPS) is 14.6. The summed E-state index contributed by atoms with van der Waals surface area (Å²) in [5.74, 6) is -0.711. The van der Waals surface area contributed by atoms with E-state index in [4.69, 9.17) is 28.1 Å². The second kappa shape index (κ2) is 13.1. The summed E-state index contributed by atoms with van der Waals surface area (Å²) in [7, 11) is 1.62. The summed E-state index contributed by atoms with van der Waals surface area (Å²) in [6.45, 7) is 2.28. The summed E-state index contributed by atoms with van der Waals surface area (Å²) in [6, 6.07) is 7.85. The molecule has 1 atom stereocenters. The van der Waals surface area contributed by atoms with E-state index in [2.05, 4.69) is 27.4 Å². The van der Waals surface area contributed by atoms with Crippen molar-refractivity contribution in [2.75, 3.05) is 5.73 Å². The number of benzene rings is 2. The summed E-state index contributed by atoms with van der Waals surface area (Å²) < 4.78 is 102. The van der Waals surface area contributed by atoms with Crippen molar-refractivity contribution < 1.29 is 35.5 Å². The van der Waals surface area contributed by atoms with Crippen LogP contribution in [-0.4, -0.2) is 36.0 Å². The van der Waals surface area contributed by atoms with Crippen molar-refractivity contribution in [3.8, 4) is 23.0 Å². The third-order valence-corrected chi connectivity index (χ3v) is 8.68. The number of amides is 1. The van der Waals surface area contributed by atoms with Crippen LogP contribution < -0.4 is 16.8 Å². The first-order valence-corrected chi connectivity index (χ1v) is 16.1. The minimum atomic E-state index is -5.05. The highest BCUT2D eigenvalue weighted by molar-refractivity contribution is 6.37. The van der Waals surface area contributed by atoms with Gasteiger partial charge >= 0.3 is 6.18 Å². The lowest BCUT2D eigenvalue weighted by atomic mass is 9.93. The Kier molecular flexibility index (Phi) is 9.25. The number of aromatic nitrogens is 5. The predicted octanol–water partition coefficient (Wildman–Crippen LogP) is 6.59. The molecule has 9 nitrogen and oxygen atoms in total. The molecular weight excluding hydrogens is 717 g/mol. The third-order valence-electron chi connectivity index (χ3n) is 8.37. The van der Waals surface area contributed by atoms with Crippen molar-refractivity contribution in [3.63, 3.8) is 0 Å². The number of aryl methyl sites for hydroxylation is 1. The molecule has 6 rings (SSSR count). The Morgan fingerprint density at radius 2 is 1.75 bits per heavy atom. The average Bonchev–Trinajstić information content (AvgIpc) is 3.66. The van der Waals surface area contributed by atoms with E-state index in [1.54, 1.807) is 45.2 Å². The fraction of sp³-hybridized carbons (Fsp3) is 0.314. The molecule has 272 valence electrons. The van der Waals surface area contributed by atoms with Gasteiger partial charge in [0.15, 0.2) is 11.5 Å². The van der Waals surface area contributed by atoms with Gasteiger partial charge in [0.25, 0.3) is 5.92 Å². The zero-order valence-corrected chi connectivity index (χ0v) is 28.5. The van der Waals surface area contributed by atoms with Crippen LogP contribution >= 0.6 is 11.6 Å². The fourth-order valence-corrected chi connectivity index (χ4v) is 6.58. The maximum atomic E-state index is 14.9. The quantitative estimate of drug-likeness (QED) is 0.127. The standard InChI is InChI=1S/C35H30ClF7N8O/c1-33(2,45)10-8-20-4-5-21(22-6-7-24(36)27-29(22)50(3)49-32(27)44)28(46-20)25(14-17-12-18(37)15-19(38)13-17)47-26(52)16-51-31-23(9-11-34(31,39)40)30(48-51)35(41,42)43/h4-7,12-13,15,25H,9,11,14,16,45H2,1-3H3,(H2,44,49)(H,47,52)/t25-/m0/s1. The van der Waals surface area contributed by atoms with Crippen LogP contribution in [0, 0.1) is 23.5 Å². The van der Waals surface area contributed by atoms with Crippen molar-refractivity contribution in [3.05, 3.63) is 93.0 Å². The van der Waals surface area contributed by atoms with Crippen molar-refractivity contribution in [2.24, 2.45) is 12.8 Å². The Morgan fingerprint density at radius 3 is 2.40 bits per heavy atom. The zero-order valence-electron chi connectivity index (χ0n) is 27.8. The lowest BCUT2D eigenvalue weighted by Crippen LogP contribution is -2.35. The molecule has 0 fully saturated rings. The highest BCUT2D eigenvalue weighted by Crippen LogP contribution is 2.46. The number of hydrogen-bond donors (Lipinski definition) is 3. The van der Waals surface area contributed by atoms with Crippen LogP contribution in [0.25, 0.3) is 22.0 Å². The van der Waals surface area contributed by atoms with E-state index in [0.29, 0.717) is 32.8 Å². The Bertz CT molecular complexity index is 2280. The van der Waals surface area contributed by atoms with Gasteiger partial charge in [0.05, 0.1) is 33.2 Å². The van der Waals surface area contributed by atoms with Crippen LogP contribution in [0.4, 0.5) is 36.6 Å². The van der Waals surface area contributed by atoms with E-state index in [9.17, 15) is 35.5 Å². The maximum absolute atomic E-state index is 14.9. The minimum absolute atomic E-state index is 0.0621. The van der Waals surface area contributed by atoms with E-state index in [0.717, 1.165) is 12.1 Å². The topological polar surface area (TPSA) is 130 Å². The van der Waals surface area contributed by atoms with Gasteiger partial charge in [0.1, 0.15) is 29.6 Å². The molecule has 2 aromatic carbocycles. The van der Waals surface area contributed by atoms with Crippen molar-refractivity contribution >= 4 is 34.2 Å². The summed E-state index contributed by atoms with van der Waals surface area (Å²) in [5.41, 5.74) is 9.71. The molecule has 52 heavy (non-hydrogen) atoms. The lowest BCUT2D eigenvalue weighted by molar-refractivity contribution is -0.142. The SMILES string of the molecule is Cn1nc(N)c2c(Cl)ccc(-c3ccc(C#CC(C)(C)N)nc3[C@H](Cc3cc(F)cc(F)c3)NC(=O)Cn3nc(C(F)(F)F)c4c3C(F)(F)CC4)c21. The molecule has 0 spiro atoms. The number of halogens is 8. The molecule has 0 saturated heterocycles. The Balaban J connectivity index is 1.52. The van der Waals surface area contributed by atoms with Gasteiger partial charge in [0.2, 0.25) is 5.91 Å². The Labute approximate surface area is 297 Å². The molecule has 1 aliphatic carbocycles. The smallest absolute Gasteiger partial charge is 0.382 e. The molecule has 17 heteroatoms. The largest absolute Gasteiger partial charge is 0.435 e. The lowest BCUT2D eigenvalue weighted by Gasteiger charge is -2.23. The number of fused-ring (bicyclic) bond motifs is 2. The van der Waals surface area contributed by atoms with Crippen LogP contribution in [0.15, 0.2) is 42.5 Å². The number of rotatable bonds is 7. The number of nitrogen functional groups attached to an aromatic ring is 1. The van der Waals surface area contributed by atoms with E-state index in [1.807, 2.05) is 0 Å². The minimum Gasteiger partial charge on any atom is -0.382 e. The fourth-order valence-electron chi connectivity index (χ4n) is 6.33. The second-order valence-electron chi connectivity index (χ2n) is 13.1. The molecule has 0 radical (unpaired) electrons. The Morgan fingerprint density at radius 1 is 1.08 bits per heavy atom. The third kappa shape index (κ3) is 7.28. The highest BCUT2D eigenvalue weighted by Gasteiger charge is 2.50. The van der Waals surface area contributed by atoms with Gasteiger partial charge in [-0.25, -0.2) is 13.8 Å². The number of nitrogens with zero attached hydrogens (tertiary/aromatic N) is 5. The van der Waals surface area contributed by atoms with E-state index < -0.39 is 77.6 Å². The zero-order chi connectivity index (χ0) is 37.9. The summed E-state index contributed by atoms with van der Waals surface area (Å²) >= 11 is 6.48. The highest BCUT2D eigenvalue weighted by atomic mass is 35.5. The van der Waals surface area contributed by atoms with Crippen LogP contribution in [0.3, 0.4) is 0 Å². The number of nitrogens with one attached hydrogen (secondary N) is 1. The number of alkyl halides is 5. The van der Waals surface area contributed by atoms with Gasteiger partial charge < -0.3 is 16.8 Å². The van der Waals surface area contributed by atoms with E-state index >= 15 is 0 Å². The number of carbonyl (C=O) groups excluding carboxylic acids is 1. The van der Waals surface area contributed by atoms with Gasteiger partial charge in [-0.3, -0.25) is 14.2 Å². The summed E-state index contributed by atoms with van der Waals surface area (Å²) in [6.07, 6.45) is -6.83. The number of anilines is 1. The molecule has 1 amide bonds. The molecule has 5 N–H and O–H groups in total. The molecule has 0 bridgehead atoms. The maximum Gasteiger partial charge on any atom is 0.435 e. The molecule has 3 heterocycles. The van der Waals surface area contributed by atoms with Gasteiger partial charge in [-0.05, 0) is 68.5 Å². The van der Waals surface area contributed by atoms with Crippen LogP contribution in [0.5, 0.6) is 0 Å². The second-order valence-corrected chi connectivity index (χ2v) is 13.5. The van der Waals surface area contributed by atoms with Crippen LogP contribution in [-0.2, 0) is 43.3 Å². The molecule has 5 aromatic rings. The Hall–Kier alpha value is -5.14. The number of hydrogen-bond acceptors (Lipinski definition) is 6. The van der Waals surface area contributed by atoms with E-state index in [-0.39, 0.29) is 34.2 Å². The van der Waals surface area contributed by atoms with Crippen molar-refractivity contribution in [1.82, 2.24) is 29.9 Å². The molecule has 3 aromatic heterocycles. The van der Waals surface area contributed by atoms with Gasteiger partial charge in [0, 0.05) is 36.2 Å². The van der Waals surface area contributed by atoms with Crippen molar-refractivity contribution in [2.45, 2.75) is 63.3 Å². The predicted molar refractivity (Wildman–Crippen MR) is 179 cm³/mol. The molecule has 1 aliphatic rings. The number of pyridine rings is 1. The van der Waals surface area contributed by atoms with Crippen LogP contribution in [0.1, 0.15) is 60.2 Å². The first kappa shape index (κ1) is 36.6. The van der Waals surface area contributed by atoms with Gasteiger partial charge in [-0.2, -0.15) is 32.1 Å². The number of carbonyl (C=O) groups is 1. The van der Waals surface area contributed by atoms with Crippen molar-refractivity contribution in [1.29, 1.82) is 0 Å². The molecule has 0 unspecified atom stereocenters. The van der Waals surface area contributed by atoms with Crippen LogP contribution in [0.2, 0.25) is 5.02 Å². The molecule has 0 saturated carbocycles. The monoisotopic (exact) mass is 746 g/mol. The average molecular weight is 747 g/mol. The molecule has 0 aliphatic heterocycles. The van der Waals surface area contributed by atoms with Gasteiger partial charge in [-0.15, -0.1) is 0 Å². The first-order chi connectivity index (χ1) is 24.2. The first-order valence-electron chi connectivity index (χ1n) is 15.8. The number of nitrogens with two attached hydrogens (primary N) is 2. The van der Waals surface area contributed by atoms with E-state index in [1.165, 1.54) is 4.68 Å². The summed E-state index contributed by atoms with van der Waals surface area (Å²) in [4.78, 5) is 18.4.